The molecule has 0 fully saturated rings. The van der Waals surface area contributed by atoms with Crippen LogP contribution in [0, 0.1) is 13.8 Å². The fraction of sp³-hybridized carbons (Fsp3) is 0.400. The third-order valence-electron chi connectivity index (χ3n) is 4.84. The second-order valence-electron chi connectivity index (χ2n) is 6.91. The number of benzene rings is 1. The number of aryl methyl sites for hydroxylation is 2. The average molecular weight is 420 g/mol. The van der Waals surface area contributed by atoms with E-state index in [0.717, 1.165) is 23.4 Å². The Labute approximate surface area is 174 Å². The van der Waals surface area contributed by atoms with Crippen molar-refractivity contribution < 1.29 is 4.79 Å². The summed E-state index contributed by atoms with van der Waals surface area (Å²) in [7, 11) is 0. The standard InChI is InChI=1S/C20H23Cl2N5O/c1-5-11(2)23-18(28)9-8-15-12(3)24-20-25-19(26-27(20)13(15)4)16-7-6-14(21)10-17(16)22/h6-7,10-11H,5,8-9H2,1-4H3,(H,23,28)/t11-/m0/s1. The van der Waals surface area contributed by atoms with Crippen LogP contribution < -0.4 is 5.32 Å². The molecule has 148 valence electrons. The second-order valence-corrected chi connectivity index (χ2v) is 7.75. The minimum atomic E-state index is 0.0421. The lowest BCUT2D eigenvalue weighted by Crippen LogP contribution is -2.32. The van der Waals surface area contributed by atoms with E-state index < -0.39 is 0 Å². The van der Waals surface area contributed by atoms with Gasteiger partial charge in [-0.1, -0.05) is 30.1 Å². The third-order valence-corrected chi connectivity index (χ3v) is 5.39. The number of carbonyl (C=O) groups excluding carboxylic acids is 1. The quantitative estimate of drug-likeness (QED) is 0.635. The van der Waals surface area contributed by atoms with Gasteiger partial charge in [-0.2, -0.15) is 4.98 Å². The van der Waals surface area contributed by atoms with Crippen molar-refractivity contribution in [2.24, 2.45) is 0 Å². The van der Waals surface area contributed by atoms with Crippen molar-refractivity contribution in [3.63, 3.8) is 0 Å². The molecular weight excluding hydrogens is 397 g/mol. The molecule has 3 aromatic rings. The maximum Gasteiger partial charge on any atom is 0.253 e. The summed E-state index contributed by atoms with van der Waals surface area (Å²) in [6.45, 7) is 7.94. The Morgan fingerprint density at radius 2 is 2.00 bits per heavy atom. The number of aromatic nitrogens is 4. The summed E-state index contributed by atoms with van der Waals surface area (Å²) in [5, 5.41) is 8.61. The highest BCUT2D eigenvalue weighted by molar-refractivity contribution is 6.36. The Balaban J connectivity index is 1.91. The zero-order chi connectivity index (χ0) is 20.4. The number of halogens is 2. The van der Waals surface area contributed by atoms with E-state index in [-0.39, 0.29) is 11.9 Å². The lowest BCUT2D eigenvalue weighted by Gasteiger charge is -2.13. The minimum Gasteiger partial charge on any atom is -0.354 e. The van der Waals surface area contributed by atoms with E-state index in [1.807, 2.05) is 27.7 Å². The molecule has 1 amide bonds. The molecule has 1 aromatic carbocycles. The van der Waals surface area contributed by atoms with Gasteiger partial charge in [0.25, 0.3) is 5.78 Å². The van der Waals surface area contributed by atoms with Crippen LogP contribution in [0.25, 0.3) is 17.2 Å². The molecular formula is C20H23Cl2N5O. The van der Waals surface area contributed by atoms with E-state index in [9.17, 15) is 4.79 Å². The molecule has 3 rings (SSSR count). The number of hydrogen-bond donors (Lipinski definition) is 1. The zero-order valence-corrected chi connectivity index (χ0v) is 17.9. The normalized spacial score (nSPS) is 12.4. The second kappa shape index (κ2) is 8.45. The topological polar surface area (TPSA) is 72.2 Å². The summed E-state index contributed by atoms with van der Waals surface area (Å²) >= 11 is 12.3. The predicted molar refractivity (Wildman–Crippen MR) is 112 cm³/mol. The molecule has 1 N–H and O–H groups in total. The van der Waals surface area contributed by atoms with Crippen molar-refractivity contribution in [2.45, 2.75) is 53.0 Å². The summed E-state index contributed by atoms with van der Waals surface area (Å²) in [6, 6.07) is 5.39. The van der Waals surface area contributed by atoms with E-state index >= 15 is 0 Å². The zero-order valence-electron chi connectivity index (χ0n) is 16.4. The van der Waals surface area contributed by atoms with E-state index in [2.05, 4.69) is 20.4 Å². The Hall–Kier alpha value is -2.18. The molecule has 0 bridgehead atoms. The van der Waals surface area contributed by atoms with E-state index in [1.54, 1.807) is 22.7 Å². The van der Waals surface area contributed by atoms with Crippen LogP contribution in [0.15, 0.2) is 18.2 Å². The third kappa shape index (κ3) is 4.28. The van der Waals surface area contributed by atoms with E-state index in [4.69, 9.17) is 23.2 Å². The summed E-state index contributed by atoms with van der Waals surface area (Å²) in [5.74, 6) is 1.03. The van der Waals surface area contributed by atoms with Crippen molar-refractivity contribution in [3.05, 3.63) is 45.2 Å². The van der Waals surface area contributed by atoms with Gasteiger partial charge in [0.2, 0.25) is 5.91 Å². The molecule has 0 saturated carbocycles. The van der Waals surface area contributed by atoms with Crippen LogP contribution in [0.1, 0.15) is 43.6 Å². The van der Waals surface area contributed by atoms with Gasteiger partial charge in [-0.3, -0.25) is 4.79 Å². The van der Waals surface area contributed by atoms with Gasteiger partial charge < -0.3 is 5.32 Å². The number of fused-ring (bicyclic) bond motifs is 1. The number of carbonyl (C=O) groups is 1. The van der Waals surface area contributed by atoms with Gasteiger partial charge in [0, 0.05) is 34.4 Å². The van der Waals surface area contributed by atoms with Crippen LogP contribution >= 0.6 is 23.2 Å². The lowest BCUT2D eigenvalue weighted by molar-refractivity contribution is -0.121. The van der Waals surface area contributed by atoms with Crippen LogP contribution in [0.2, 0.25) is 10.0 Å². The number of nitrogens with zero attached hydrogens (tertiary/aromatic N) is 4. The Bertz CT molecular complexity index is 1030. The van der Waals surface area contributed by atoms with Gasteiger partial charge in [0.1, 0.15) is 0 Å². The molecule has 0 aliphatic rings. The number of nitrogens with one attached hydrogen (secondary N) is 1. The Kier molecular flexibility index (Phi) is 6.20. The predicted octanol–water partition coefficient (Wildman–Crippen LogP) is 4.56. The molecule has 2 heterocycles. The van der Waals surface area contributed by atoms with Gasteiger partial charge in [0.15, 0.2) is 5.82 Å². The fourth-order valence-electron chi connectivity index (χ4n) is 3.04. The first-order valence-electron chi connectivity index (χ1n) is 9.27. The number of rotatable bonds is 6. The molecule has 0 aliphatic carbocycles. The number of amides is 1. The fourth-order valence-corrected chi connectivity index (χ4v) is 3.54. The van der Waals surface area contributed by atoms with Crippen molar-refractivity contribution in [3.8, 4) is 11.4 Å². The lowest BCUT2D eigenvalue weighted by atomic mass is 10.1. The first-order chi connectivity index (χ1) is 13.3. The highest BCUT2D eigenvalue weighted by Crippen LogP contribution is 2.29. The average Bonchev–Trinajstić information content (AvgIpc) is 3.05. The Morgan fingerprint density at radius 1 is 1.25 bits per heavy atom. The van der Waals surface area contributed by atoms with Crippen molar-refractivity contribution in [1.82, 2.24) is 24.9 Å². The molecule has 0 spiro atoms. The molecule has 0 radical (unpaired) electrons. The van der Waals surface area contributed by atoms with Crippen LogP contribution in [0.3, 0.4) is 0 Å². The van der Waals surface area contributed by atoms with Crippen LogP contribution in [0.5, 0.6) is 0 Å². The molecule has 0 unspecified atom stereocenters. The summed E-state index contributed by atoms with van der Waals surface area (Å²) in [4.78, 5) is 21.2. The Morgan fingerprint density at radius 3 is 2.68 bits per heavy atom. The number of hydrogen-bond acceptors (Lipinski definition) is 4. The van der Waals surface area contributed by atoms with E-state index in [0.29, 0.717) is 40.1 Å². The molecule has 28 heavy (non-hydrogen) atoms. The van der Waals surface area contributed by atoms with Gasteiger partial charge in [-0.05, 0) is 57.4 Å². The van der Waals surface area contributed by atoms with Gasteiger partial charge >= 0.3 is 0 Å². The summed E-state index contributed by atoms with van der Waals surface area (Å²) in [5.41, 5.74) is 3.47. The first kappa shape index (κ1) is 20.6. The molecule has 0 saturated heterocycles. The molecule has 8 heteroatoms. The maximum absolute atomic E-state index is 12.1. The SMILES string of the molecule is CC[C@H](C)NC(=O)CCc1c(C)nc2nc(-c3ccc(Cl)cc3Cl)nn2c1C. The van der Waals surface area contributed by atoms with Crippen LogP contribution in [0.4, 0.5) is 0 Å². The van der Waals surface area contributed by atoms with E-state index in [1.165, 1.54) is 0 Å². The van der Waals surface area contributed by atoms with Crippen LogP contribution in [-0.2, 0) is 11.2 Å². The minimum absolute atomic E-state index is 0.0421. The largest absolute Gasteiger partial charge is 0.354 e. The molecule has 6 nitrogen and oxygen atoms in total. The molecule has 1 atom stereocenters. The monoisotopic (exact) mass is 419 g/mol. The maximum atomic E-state index is 12.1. The van der Waals surface area contributed by atoms with Crippen molar-refractivity contribution in [2.75, 3.05) is 0 Å². The highest BCUT2D eigenvalue weighted by Gasteiger charge is 2.17. The smallest absolute Gasteiger partial charge is 0.253 e. The van der Waals surface area contributed by atoms with Gasteiger partial charge in [0.05, 0.1) is 5.02 Å². The van der Waals surface area contributed by atoms with Crippen molar-refractivity contribution in [1.29, 1.82) is 0 Å². The van der Waals surface area contributed by atoms with Crippen LogP contribution in [-0.4, -0.2) is 31.5 Å². The van der Waals surface area contributed by atoms with Crippen molar-refractivity contribution >= 4 is 34.9 Å². The summed E-state index contributed by atoms with van der Waals surface area (Å²) < 4.78 is 1.70. The highest BCUT2D eigenvalue weighted by atomic mass is 35.5. The first-order valence-corrected chi connectivity index (χ1v) is 10.0. The van der Waals surface area contributed by atoms with Gasteiger partial charge in [-0.15, -0.1) is 5.10 Å². The summed E-state index contributed by atoms with van der Waals surface area (Å²) in [6.07, 6.45) is 1.91. The molecule has 2 aromatic heterocycles. The van der Waals surface area contributed by atoms with Gasteiger partial charge in [-0.25, -0.2) is 9.50 Å². The molecule has 0 aliphatic heterocycles.